The fraction of sp³-hybridized carbons (Fsp3) is 0.538. The van der Waals surface area contributed by atoms with Gasteiger partial charge in [0, 0.05) is 32.7 Å². The number of aromatic nitrogens is 1. The Labute approximate surface area is 145 Å². The molecule has 1 aromatic heterocycles. The van der Waals surface area contributed by atoms with Crippen LogP contribution in [0.1, 0.15) is 10.4 Å². The van der Waals surface area contributed by atoms with E-state index in [2.05, 4.69) is 21.8 Å². The smallest absolute Gasteiger partial charge is 0.339 e. The molecule has 1 saturated heterocycles. The largest absolute Gasteiger partial charge is 0.478 e. The van der Waals surface area contributed by atoms with E-state index < -0.39 is 5.97 Å². The van der Waals surface area contributed by atoms with Gasteiger partial charge in [0.25, 0.3) is 0 Å². The van der Waals surface area contributed by atoms with Crippen molar-refractivity contribution in [3.05, 3.63) is 21.8 Å². The molecule has 1 aliphatic heterocycles. The van der Waals surface area contributed by atoms with Gasteiger partial charge in [0.2, 0.25) is 5.88 Å². The molecule has 0 amide bonds. The Kier molecular flexibility index (Phi) is 7.65. The highest BCUT2D eigenvalue weighted by Crippen LogP contribution is 2.31. The van der Waals surface area contributed by atoms with Gasteiger partial charge in [0.1, 0.15) is 17.2 Å². The molecule has 0 spiro atoms. The zero-order valence-corrected chi connectivity index (χ0v) is 14.4. The van der Waals surface area contributed by atoms with Crippen molar-refractivity contribution in [1.29, 1.82) is 0 Å². The number of ether oxygens (including phenoxy) is 1. The van der Waals surface area contributed by atoms with Crippen LogP contribution in [0.4, 0.5) is 0 Å². The van der Waals surface area contributed by atoms with Gasteiger partial charge in [0.05, 0.1) is 11.2 Å². The summed E-state index contributed by atoms with van der Waals surface area (Å²) >= 11 is 11.7. The van der Waals surface area contributed by atoms with Gasteiger partial charge in [-0.2, -0.15) is 0 Å². The Bertz CT molecular complexity index is 523. The second-order valence-corrected chi connectivity index (χ2v) is 5.68. The Hall–Kier alpha value is -0.790. The van der Waals surface area contributed by atoms with Crippen molar-refractivity contribution >= 4 is 41.6 Å². The lowest BCUT2D eigenvalue weighted by Gasteiger charge is -2.32. The Balaban J connectivity index is 0.00000242. The monoisotopic (exact) mass is 369 g/mol. The van der Waals surface area contributed by atoms with Gasteiger partial charge in [-0.3, -0.25) is 4.90 Å². The number of hydrogen-bond donors (Lipinski definition) is 1. The maximum absolute atomic E-state index is 11.1. The molecule has 1 fully saturated rings. The lowest BCUT2D eigenvalue weighted by atomic mass is 10.2. The van der Waals surface area contributed by atoms with Gasteiger partial charge < -0.3 is 14.7 Å². The van der Waals surface area contributed by atoms with Crippen LogP contribution in [0.5, 0.6) is 5.88 Å². The third kappa shape index (κ3) is 4.86. The number of aromatic carboxylic acids is 1. The Morgan fingerprint density at radius 3 is 2.59 bits per heavy atom. The van der Waals surface area contributed by atoms with Gasteiger partial charge in [-0.15, -0.1) is 12.4 Å². The molecule has 0 atom stereocenters. The van der Waals surface area contributed by atoms with E-state index in [4.69, 9.17) is 33.0 Å². The number of carboxylic acid groups (broad SMARTS) is 1. The zero-order chi connectivity index (χ0) is 15.4. The van der Waals surface area contributed by atoms with Crippen LogP contribution in [-0.2, 0) is 0 Å². The van der Waals surface area contributed by atoms with Crippen molar-refractivity contribution in [2.24, 2.45) is 0 Å². The molecule has 0 radical (unpaired) electrons. The van der Waals surface area contributed by atoms with Crippen molar-refractivity contribution in [2.45, 2.75) is 0 Å². The molecule has 2 rings (SSSR count). The molecule has 1 aromatic rings. The molecule has 1 aliphatic rings. The average molecular weight is 371 g/mol. The van der Waals surface area contributed by atoms with Crippen molar-refractivity contribution in [1.82, 2.24) is 14.8 Å². The van der Waals surface area contributed by atoms with Crippen molar-refractivity contribution in [2.75, 3.05) is 46.4 Å². The molecule has 0 saturated carbocycles. The van der Waals surface area contributed by atoms with E-state index in [-0.39, 0.29) is 33.9 Å². The normalized spacial score (nSPS) is 16.1. The summed E-state index contributed by atoms with van der Waals surface area (Å²) in [6, 6.07) is 0. The molecule has 9 heteroatoms. The van der Waals surface area contributed by atoms with Crippen LogP contribution >= 0.6 is 35.6 Å². The zero-order valence-electron chi connectivity index (χ0n) is 12.1. The molecule has 0 aromatic carbocycles. The molecule has 124 valence electrons. The number of rotatable bonds is 5. The number of pyridine rings is 1. The third-order valence-electron chi connectivity index (χ3n) is 3.40. The van der Waals surface area contributed by atoms with Crippen molar-refractivity contribution in [3.63, 3.8) is 0 Å². The summed E-state index contributed by atoms with van der Waals surface area (Å²) in [7, 11) is 2.10. The highest BCUT2D eigenvalue weighted by molar-refractivity contribution is 6.39. The first-order chi connectivity index (χ1) is 9.99. The molecule has 2 heterocycles. The van der Waals surface area contributed by atoms with E-state index in [9.17, 15) is 4.79 Å². The van der Waals surface area contributed by atoms with E-state index in [0.717, 1.165) is 32.7 Å². The third-order valence-corrected chi connectivity index (χ3v) is 4.03. The first-order valence-electron chi connectivity index (χ1n) is 6.60. The van der Waals surface area contributed by atoms with Crippen LogP contribution in [0.3, 0.4) is 0 Å². The average Bonchev–Trinajstić information content (AvgIpc) is 2.43. The molecular formula is C13H18Cl3N3O3. The van der Waals surface area contributed by atoms with E-state index in [1.165, 1.54) is 6.20 Å². The van der Waals surface area contributed by atoms with E-state index in [0.29, 0.717) is 6.61 Å². The van der Waals surface area contributed by atoms with E-state index in [1.807, 2.05) is 0 Å². The van der Waals surface area contributed by atoms with Gasteiger partial charge in [0.15, 0.2) is 0 Å². The predicted molar refractivity (Wildman–Crippen MR) is 87.9 cm³/mol. The summed E-state index contributed by atoms with van der Waals surface area (Å²) in [5.41, 5.74) is -0.178. The molecule has 0 bridgehead atoms. The van der Waals surface area contributed by atoms with Crippen LogP contribution in [0, 0.1) is 0 Å². The number of piperazine rings is 1. The quantitative estimate of drug-likeness (QED) is 0.856. The van der Waals surface area contributed by atoms with Crippen LogP contribution in [-0.4, -0.2) is 72.2 Å². The summed E-state index contributed by atoms with van der Waals surface area (Å²) < 4.78 is 5.49. The topological polar surface area (TPSA) is 65.9 Å². The molecule has 22 heavy (non-hydrogen) atoms. The Morgan fingerprint density at radius 2 is 2.00 bits per heavy atom. The first-order valence-corrected chi connectivity index (χ1v) is 7.35. The van der Waals surface area contributed by atoms with Gasteiger partial charge >= 0.3 is 5.97 Å². The minimum Gasteiger partial charge on any atom is -0.478 e. The van der Waals surface area contributed by atoms with Gasteiger partial charge in [-0.1, -0.05) is 23.2 Å². The lowest BCUT2D eigenvalue weighted by molar-refractivity contribution is 0.0696. The number of likely N-dealkylation sites (N-methyl/N-ethyl adjacent to an activating group) is 1. The summed E-state index contributed by atoms with van der Waals surface area (Å²) in [5, 5.41) is 9.00. The van der Waals surface area contributed by atoms with Gasteiger partial charge in [-0.05, 0) is 7.05 Å². The lowest BCUT2D eigenvalue weighted by Crippen LogP contribution is -2.45. The number of hydrogen-bond acceptors (Lipinski definition) is 5. The summed E-state index contributed by atoms with van der Waals surface area (Å²) in [4.78, 5) is 19.6. The highest BCUT2D eigenvalue weighted by atomic mass is 35.5. The van der Waals surface area contributed by atoms with Crippen molar-refractivity contribution < 1.29 is 14.6 Å². The van der Waals surface area contributed by atoms with Crippen LogP contribution in [0.25, 0.3) is 0 Å². The van der Waals surface area contributed by atoms with Gasteiger partial charge in [-0.25, -0.2) is 9.78 Å². The summed E-state index contributed by atoms with van der Waals surface area (Å²) in [5.74, 6) is -1.09. The second kappa shape index (κ2) is 8.74. The maximum Gasteiger partial charge on any atom is 0.339 e. The minimum absolute atomic E-state index is 0. The molecular weight excluding hydrogens is 353 g/mol. The molecule has 0 aliphatic carbocycles. The fourth-order valence-electron chi connectivity index (χ4n) is 2.09. The predicted octanol–water partition coefficient (Wildman–Crippen LogP) is 2.13. The van der Waals surface area contributed by atoms with E-state index >= 15 is 0 Å². The second-order valence-electron chi connectivity index (χ2n) is 4.90. The van der Waals surface area contributed by atoms with E-state index in [1.54, 1.807) is 0 Å². The molecule has 0 unspecified atom stereocenters. The minimum atomic E-state index is -1.20. The van der Waals surface area contributed by atoms with Crippen LogP contribution in [0.15, 0.2) is 6.20 Å². The standard InChI is InChI=1S/C13H17Cl2N3O3.ClH/c1-17-2-4-18(5-3-17)6-7-21-12-11(15)10(13(19)20)9(14)8-16-12;/h8H,2-7H2,1H3,(H,19,20);1H. The summed E-state index contributed by atoms with van der Waals surface area (Å²) in [6.07, 6.45) is 1.24. The number of carboxylic acids is 1. The fourth-order valence-corrected chi connectivity index (χ4v) is 2.65. The SMILES string of the molecule is CN1CCN(CCOc2ncc(Cl)c(C(=O)O)c2Cl)CC1.Cl. The first kappa shape index (κ1) is 19.3. The number of halogens is 3. The highest BCUT2D eigenvalue weighted by Gasteiger charge is 2.19. The molecule has 1 N–H and O–H groups in total. The van der Waals surface area contributed by atoms with Crippen LogP contribution in [0.2, 0.25) is 10.0 Å². The summed E-state index contributed by atoms with van der Waals surface area (Å²) in [6.45, 7) is 5.18. The van der Waals surface area contributed by atoms with Crippen molar-refractivity contribution in [3.8, 4) is 5.88 Å². The maximum atomic E-state index is 11.1. The molecule has 6 nitrogen and oxygen atoms in total. The van der Waals surface area contributed by atoms with Crippen LogP contribution < -0.4 is 4.74 Å². The number of nitrogens with zero attached hydrogens (tertiary/aromatic N) is 3. The Morgan fingerprint density at radius 1 is 1.36 bits per heavy atom. The number of carbonyl (C=O) groups is 1.